The van der Waals surface area contributed by atoms with Crippen LogP contribution in [-0.4, -0.2) is 30.2 Å². The van der Waals surface area contributed by atoms with E-state index in [1.165, 1.54) is 13.2 Å². The van der Waals surface area contributed by atoms with E-state index in [9.17, 15) is 9.59 Å². The molecule has 6 nitrogen and oxygen atoms in total. The van der Waals surface area contributed by atoms with Crippen LogP contribution in [0.3, 0.4) is 0 Å². The van der Waals surface area contributed by atoms with E-state index in [0.29, 0.717) is 12.2 Å². The lowest BCUT2D eigenvalue weighted by Gasteiger charge is -2.15. The van der Waals surface area contributed by atoms with Gasteiger partial charge in [-0.25, -0.2) is 4.79 Å². The second-order valence-electron chi connectivity index (χ2n) is 4.66. The highest BCUT2D eigenvalue weighted by Gasteiger charge is 2.19. The monoisotopic (exact) mass is 269 g/mol. The maximum Gasteiger partial charge on any atom is 0.373 e. The number of carboxylic acid groups (broad SMARTS) is 1. The van der Waals surface area contributed by atoms with Crippen molar-refractivity contribution >= 4 is 11.9 Å². The van der Waals surface area contributed by atoms with Crippen LogP contribution in [0.1, 0.15) is 36.6 Å². The molecule has 1 heterocycles. The molecule has 0 aliphatic heterocycles. The van der Waals surface area contributed by atoms with Gasteiger partial charge in [0, 0.05) is 0 Å². The first kappa shape index (κ1) is 15.2. The van der Waals surface area contributed by atoms with Crippen LogP contribution < -0.4 is 5.32 Å². The molecule has 1 atom stereocenters. The molecule has 1 rings (SSSR count). The largest absolute Gasteiger partial charge is 0.480 e. The van der Waals surface area contributed by atoms with Crippen LogP contribution in [0.5, 0.6) is 0 Å². The van der Waals surface area contributed by atoms with E-state index in [-0.39, 0.29) is 18.2 Å². The van der Waals surface area contributed by atoms with Crippen molar-refractivity contribution in [3.05, 3.63) is 23.7 Å². The summed E-state index contributed by atoms with van der Waals surface area (Å²) >= 11 is 0. The highest BCUT2D eigenvalue weighted by molar-refractivity contribution is 5.86. The minimum atomic E-state index is -0.895. The van der Waals surface area contributed by atoms with Gasteiger partial charge < -0.3 is 14.3 Å². The Hall–Kier alpha value is -1.82. The van der Waals surface area contributed by atoms with Gasteiger partial charge in [-0.1, -0.05) is 13.8 Å². The van der Waals surface area contributed by atoms with Gasteiger partial charge in [0.1, 0.15) is 11.8 Å². The Morgan fingerprint density at radius 3 is 2.63 bits per heavy atom. The lowest BCUT2D eigenvalue weighted by atomic mass is 10.0. The molecule has 1 aromatic rings. The second-order valence-corrected chi connectivity index (χ2v) is 4.66. The fourth-order valence-corrected chi connectivity index (χ4v) is 1.65. The number of nitrogens with one attached hydrogen (secondary N) is 1. The molecule has 0 bridgehead atoms. The number of esters is 1. The number of ether oxygens (including phenoxy) is 1. The van der Waals surface area contributed by atoms with Gasteiger partial charge in [0.05, 0.1) is 13.7 Å². The molecule has 0 aliphatic carbocycles. The van der Waals surface area contributed by atoms with Crippen LogP contribution in [-0.2, 0) is 16.1 Å². The molecule has 1 aromatic heterocycles. The van der Waals surface area contributed by atoms with E-state index in [1.54, 1.807) is 6.07 Å². The summed E-state index contributed by atoms with van der Waals surface area (Å²) in [7, 11) is 1.27. The fourth-order valence-electron chi connectivity index (χ4n) is 1.65. The van der Waals surface area contributed by atoms with Crippen LogP contribution in [0.4, 0.5) is 0 Å². The van der Waals surface area contributed by atoms with Crippen molar-refractivity contribution in [3.63, 3.8) is 0 Å². The molecule has 6 heteroatoms. The minimum Gasteiger partial charge on any atom is -0.480 e. The number of hydrogen-bond acceptors (Lipinski definition) is 5. The van der Waals surface area contributed by atoms with Crippen molar-refractivity contribution in [2.24, 2.45) is 5.92 Å². The maximum atomic E-state index is 11.2. The second kappa shape index (κ2) is 6.94. The summed E-state index contributed by atoms with van der Waals surface area (Å²) in [6.45, 7) is 4.17. The number of carbonyl (C=O) groups is 2. The fraction of sp³-hybridized carbons (Fsp3) is 0.538. The summed E-state index contributed by atoms with van der Waals surface area (Å²) < 4.78 is 9.76. The average molecular weight is 269 g/mol. The molecule has 0 saturated carbocycles. The van der Waals surface area contributed by atoms with Gasteiger partial charge in [0.25, 0.3) is 0 Å². The smallest absolute Gasteiger partial charge is 0.373 e. The molecule has 0 radical (unpaired) electrons. The van der Waals surface area contributed by atoms with E-state index < -0.39 is 18.0 Å². The highest BCUT2D eigenvalue weighted by atomic mass is 16.5. The lowest BCUT2D eigenvalue weighted by molar-refractivity contribution is -0.140. The van der Waals surface area contributed by atoms with Gasteiger partial charge in [0.15, 0.2) is 0 Å². The van der Waals surface area contributed by atoms with Crippen molar-refractivity contribution in [1.82, 2.24) is 5.32 Å². The Labute approximate surface area is 111 Å². The van der Waals surface area contributed by atoms with E-state index in [2.05, 4.69) is 10.1 Å². The van der Waals surface area contributed by atoms with E-state index in [0.717, 1.165) is 0 Å². The van der Waals surface area contributed by atoms with Gasteiger partial charge >= 0.3 is 11.9 Å². The summed E-state index contributed by atoms with van der Waals surface area (Å²) in [6, 6.07) is 2.49. The first-order valence-electron chi connectivity index (χ1n) is 6.07. The summed E-state index contributed by atoms with van der Waals surface area (Å²) in [5.41, 5.74) is 0. The number of hydrogen-bond donors (Lipinski definition) is 2. The third kappa shape index (κ3) is 4.75. The topological polar surface area (TPSA) is 88.8 Å². The van der Waals surface area contributed by atoms with Gasteiger partial charge in [-0.2, -0.15) is 0 Å². The summed E-state index contributed by atoms with van der Waals surface area (Å²) in [5, 5.41) is 12.0. The van der Waals surface area contributed by atoms with Crippen LogP contribution in [0.15, 0.2) is 16.5 Å². The van der Waals surface area contributed by atoms with E-state index >= 15 is 0 Å². The van der Waals surface area contributed by atoms with Crippen molar-refractivity contribution in [1.29, 1.82) is 0 Å². The number of carboxylic acids is 1. The number of carbonyl (C=O) groups excluding carboxylic acids is 1. The van der Waals surface area contributed by atoms with Gasteiger partial charge in [-0.05, 0) is 24.5 Å². The molecule has 0 saturated heterocycles. The number of furan rings is 1. The standard InChI is InChI=1S/C13H19NO5/c1-8(2)6-10(12(15)16)14-7-9-4-5-11(19-9)13(17)18-3/h4-5,8,10,14H,6-7H2,1-3H3,(H,15,16). The Balaban J connectivity index is 2.57. The Kier molecular flexibility index (Phi) is 5.57. The molecular formula is C13H19NO5. The predicted molar refractivity (Wildman–Crippen MR) is 67.8 cm³/mol. The lowest BCUT2D eigenvalue weighted by Crippen LogP contribution is -2.37. The summed E-state index contributed by atoms with van der Waals surface area (Å²) in [6.07, 6.45) is 0.528. The van der Waals surface area contributed by atoms with Crippen LogP contribution in [0, 0.1) is 5.92 Å². The van der Waals surface area contributed by atoms with Crippen molar-refractivity contribution < 1.29 is 23.8 Å². The zero-order valence-corrected chi connectivity index (χ0v) is 11.3. The van der Waals surface area contributed by atoms with Gasteiger partial charge in [-0.15, -0.1) is 0 Å². The normalized spacial score (nSPS) is 12.4. The molecule has 0 spiro atoms. The Morgan fingerprint density at radius 1 is 1.42 bits per heavy atom. The summed E-state index contributed by atoms with van der Waals surface area (Å²) in [5.74, 6) is -0.571. The van der Waals surface area contributed by atoms with Gasteiger partial charge in [0.2, 0.25) is 5.76 Å². The zero-order valence-electron chi connectivity index (χ0n) is 11.3. The van der Waals surface area contributed by atoms with E-state index in [1.807, 2.05) is 13.8 Å². The Bertz CT molecular complexity index is 438. The minimum absolute atomic E-state index is 0.107. The van der Waals surface area contributed by atoms with Crippen LogP contribution >= 0.6 is 0 Å². The molecule has 0 aromatic carbocycles. The maximum absolute atomic E-state index is 11.2. The molecule has 0 amide bonds. The third-order valence-electron chi connectivity index (χ3n) is 2.58. The van der Waals surface area contributed by atoms with Gasteiger partial charge in [-0.3, -0.25) is 10.1 Å². The highest BCUT2D eigenvalue weighted by Crippen LogP contribution is 2.10. The number of aliphatic carboxylic acids is 1. The first-order valence-corrected chi connectivity index (χ1v) is 6.07. The molecule has 1 unspecified atom stereocenters. The molecule has 19 heavy (non-hydrogen) atoms. The molecular weight excluding hydrogens is 250 g/mol. The SMILES string of the molecule is COC(=O)c1ccc(CNC(CC(C)C)C(=O)O)o1. The third-order valence-corrected chi connectivity index (χ3v) is 2.58. The Morgan fingerprint density at radius 2 is 2.11 bits per heavy atom. The number of methoxy groups -OCH3 is 1. The molecule has 0 aliphatic rings. The molecule has 2 N–H and O–H groups in total. The number of rotatable bonds is 7. The first-order chi connectivity index (χ1) is 8.93. The van der Waals surface area contributed by atoms with Crippen molar-refractivity contribution in [2.75, 3.05) is 7.11 Å². The van der Waals surface area contributed by atoms with Crippen LogP contribution in [0.2, 0.25) is 0 Å². The average Bonchev–Trinajstić information content (AvgIpc) is 2.81. The quantitative estimate of drug-likeness (QED) is 0.732. The molecule has 106 valence electrons. The van der Waals surface area contributed by atoms with E-state index in [4.69, 9.17) is 9.52 Å². The summed E-state index contributed by atoms with van der Waals surface area (Å²) in [4.78, 5) is 22.2. The molecule has 0 fully saturated rings. The zero-order chi connectivity index (χ0) is 14.4. The predicted octanol–water partition coefficient (Wildman–Crippen LogP) is 1.66. The van der Waals surface area contributed by atoms with Crippen molar-refractivity contribution in [3.8, 4) is 0 Å². The van der Waals surface area contributed by atoms with Crippen molar-refractivity contribution in [2.45, 2.75) is 32.9 Å². The van der Waals surface area contributed by atoms with Crippen LogP contribution in [0.25, 0.3) is 0 Å².